The Kier molecular flexibility index (Phi) is 16.5. The Morgan fingerprint density at radius 3 is 1.83 bits per heavy atom. The monoisotopic (exact) mass is 706 g/mol. The fourth-order valence-electron chi connectivity index (χ4n) is 8.94. The van der Waals surface area contributed by atoms with E-state index in [4.69, 9.17) is 4.98 Å². The first-order chi connectivity index (χ1) is 25.2. The van der Waals surface area contributed by atoms with Gasteiger partial charge >= 0.3 is 0 Å². The van der Waals surface area contributed by atoms with E-state index in [1.807, 2.05) is 0 Å². The van der Waals surface area contributed by atoms with Crippen LogP contribution in [-0.2, 0) is 11.8 Å². The number of benzene rings is 2. The summed E-state index contributed by atoms with van der Waals surface area (Å²) in [6, 6.07) is 16.4. The summed E-state index contributed by atoms with van der Waals surface area (Å²) in [5.74, 6) is 6.67. The highest BCUT2D eigenvalue weighted by atomic mass is 16.3. The lowest BCUT2D eigenvalue weighted by atomic mass is 9.69. The molecule has 3 nitrogen and oxygen atoms in total. The number of pyridine rings is 1. The predicted octanol–water partition coefficient (Wildman–Crippen LogP) is 12.4. The molecule has 3 heteroatoms. The van der Waals surface area contributed by atoms with Crippen LogP contribution < -0.4 is 0 Å². The quantitative estimate of drug-likeness (QED) is 0.0583. The Morgan fingerprint density at radius 2 is 1.27 bits per heavy atom. The fourth-order valence-corrected chi connectivity index (χ4v) is 8.94. The minimum atomic E-state index is -0.839. The van der Waals surface area contributed by atoms with E-state index in [0.29, 0.717) is 0 Å². The van der Waals surface area contributed by atoms with Gasteiger partial charge in [0.2, 0.25) is 0 Å². The molecule has 0 saturated heterocycles. The maximum Gasteiger partial charge on any atom is 0.125 e. The van der Waals surface area contributed by atoms with Gasteiger partial charge in [-0.3, -0.25) is 4.98 Å². The zero-order valence-corrected chi connectivity index (χ0v) is 34.4. The SMILES string of the molecule is CCCC[N+](CCCC)(CCCC)CCCCc1cncc(-c2ccc(C(CC)(CC)c3ccc(C#CC4(O)CCCCCC4)c(C)c3)cc2C)c1. The minimum absolute atomic E-state index is 0.0707. The number of aliphatic hydroxyl groups is 1. The summed E-state index contributed by atoms with van der Waals surface area (Å²) in [4.78, 5) is 4.74. The van der Waals surface area contributed by atoms with Crippen LogP contribution in [0.4, 0.5) is 0 Å². The summed E-state index contributed by atoms with van der Waals surface area (Å²) < 4.78 is 1.33. The minimum Gasteiger partial charge on any atom is -0.378 e. The van der Waals surface area contributed by atoms with E-state index in [2.05, 4.69) is 115 Å². The second-order valence-corrected chi connectivity index (χ2v) is 16.4. The van der Waals surface area contributed by atoms with Crippen LogP contribution in [0, 0.1) is 25.7 Å². The van der Waals surface area contributed by atoms with Crippen molar-refractivity contribution < 1.29 is 9.59 Å². The first kappa shape index (κ1) is 41.8. The van der Waals surface area contributed by atoms with Crippen LogP contribution in [0.3, 0.4) is 0 Å². The van der Waals surface area contributed by atoms with Gasteiger partial charge in [-0.05, 0) is 136 Å². The molecule has 3 aromatic rings. The van der Waals surface area contributed by atoms with E-state index in [1.54, 1.807) is 0 Å². The standard InChI is InChI=1S/C49H73N2O/c1-8-13-31-51(32-14-9-2,33-15-10-3)34-21-18-22-42-37-44(39-50-38-42)47-26-25-46(36-41(47)7)49(11-4,12-5)45-24-23-43(40(6)35-45)27-30-48(52)28-19-16-17-20-29-48/h23-26,35-39,52H,8-22,28-29,31-34H2,1-7H3/q+1. The molecule has 1 saturated carbocycles. The van der Waals surface area contributed by atoms with Crippen LogP contribution >= 0.6 is 0 Å². The lowest BCUT2D eigenvalue weighted by molar-refractivity contribution is -0.929. The maximum atomic E-state index is 11.1. The van der Waals surface area contributed by atoms with Crippen molar-refractivity contribution in [2.24, 2.45) is 0 Å². The third kappa shape index (κ3) is 11.1. The van der Waals surface area contributed by atoms with Gasteiger partial charge in [0.05, 0.1) is 26.2 Å². The molecule has 1 fully saturated rings. The van der Waals surface area contributed by atoms with Gasteiger partial charge in [-0.15, -0.1) is 0 Å². The molecule has 52 heavy (non-hydrogen) atoms. The van der Waals surface area contributed by atoms with Crippen LogP contribution in [-0.4, -0.2) is 46.4 Å². The van der Waals surface area contributed by atoms with Crippen LogP contribution in [0.1, 0.15) is 171 Å². The zero-order valence-electron chi connectivity index (χ0n) is 34.4. The molecule has 4 rings (SSSR count). The highest BCUT2D eigenvalue weighted by Gasteiger charge is 2.32. The molecule has 2 aromatic carbocycles. The van der Waals surface area contributed by atoms with E-state index >= 15 is 0 Å². The van der Waals surface area contributed by atoms with E-state index in [1.165, 1.54) is 134 Å². The number of rotatable bonds is 19. The number of hydrogen-bond acceptors (Lipinski definition) is 2. The maximum absolute atomic E-state index is 11.1. The van der Waals surface area contributed by atoms with Gasteiger partial charge in [0, 0.05) is 28.9 Å². The van der Waals surface area contributed by atoms with Crippen molar-refractivity contribution in [3.8, 4) is 23.0 Å². The van der Waals surface area contributed by atoms with Crippen LogP contribution in [0.15, 0.2) is 54.9 Å². The number of aromatic nitrogens is 1. The van der Waals surface area contributed by atoms with Gasteiger partial charge in [0.1, 0.15) is 5.60 Å². The number of quaternary nitrogens is 1. The molecule has 0 unspecified atom stereocenters. The van der Waals surface area contributed by atoms with Crippen molar-refractivity contribution >= 4 is 0 Å². The molecule has 0 aliphatic heterocycles. The van der Waals surface area contributed by atoms with E-state index in [0.717, 1.165) is 50.5 Å². The molecule has 1 aliphatic rings. The fraction of sp³-hybridized carbons (Fsp3) is 0.612. The van der Waals surface area contributed by atoms with E-state index < -0.39 is 5.60 Å². The van der Waals surface area contributed by atoms with Crippen LogP contribution in [0.2, 0.25) is 0 Å². The summed E-state index contributed by atoms with van der Waals surface area (Å²) in [6.07, 6.45) is 23.9. The molecule has 1 N–H and O–H groups in total. The second-order valence-electron chi connectivity index (χ2n) is 16.4. The number of nitrogens with zero attached hydrogens (tertiary/aromatic N) is 2. The van der Waals surface area contributed by atoms with Gasteiger partial charge in [-0.2, -0.15) is 0 Å². The van der Waals surface area contributed by atoms with Gasteiger partial charge in [0.25, 0.3) is 0 Å². The first-order valence-corrected chi connectivity index (χ1v) is 21.4. The molecule has 1 aromatic heterocycles. The summed E-state index contributed by atoms with van der Waals surface area (Å²) >= 11 is 0. The Morgan fingerprint density at radius 1 is 0.692 bits per heavy atom. The number of unbranched alkanes of at least 4 members (excludes halogenated alkanes) is 4. The molecule has 284 valence electrons. The molecule has 0 atom stereocenters. The largest absolute Gasteiger partial charge is 0.378 e. The third-order valence-corrected chi connectivity index (χ3v) is 12.5. The van der Waals surface area contributed by atoms with Crippen LogP contribution in [0.5, 0.6) is 0 Å². The molecule has 1 heterocycles. The van der Waals surface area contributed by atoms with Crippen LogP contribution in [0.25, 0.3) is 11.1 Å². The second kappa shape index (κ2) is 20.5. The van der Waals surface area contributed by atoms with Gasteiger partial charge in [-0.25, -0.2) is 0 Å². The number of hydrogen-bond donors (Lipinski definition) is 1. The highest BCUT2D eigenvalue weighted by Crippen LogP contribution is 2.41. The van der Waals surface area contributed by atoms with E-state index in [-0.39, 0.29) is 5.41 Å². The topological polar surface area (TPSA) is 33.1 Å². The van der Waals surface area contributed by atoms with Crippen molar-refractivity contribution in [3.05, 3.63) is 88.2 Å². The van der Waals surface area contributed by atoms with Crippen molar-refractivity contribution in [1.29, 1.82) is 0 Å². The van der Waals surface area contributed by atoms with Crippen molar-refractivity contribution in [2.75, 3.05) is 26.2 Å². The van der Waals surface area contributed by atoms with Crippen molar-refractivity contribution in [3.63, 3.8) is 0 Å². The molecule has 0 radical (unpaired) electrons. The predicted molar refractivity (Wildman–Crippen MR) is 224 cm³/mol. The van der Waals surface area contributed by atoms with Gasteiger partial charge in [-0.1, -0.05) is 109 Å². The Hall–Kier alpha value is -2.93. The molecular weight excluding hydrogens is 633 g/mol. The zero-order chi connectivity index (χ0) is 37.5. The lowest BCUT2D eigenvalue weighted by Crippen LogP contribution is -2.50. The average molecular weight is 706 g/mol. The molecule has 0 amide bonds. The molecule has 0 spiro atoms. The molecule has 0 bridgehead atoms. The summed E-state index contributed by atoms with van der Waals surface area (Å²) in [5, 5.41) is 11.1. The lowest BCUT2D eigenvalue weighted by Gasteiger charge is -2.39. The van der Waals surface area contributed by atoms with Crippen molar-refractivity contribution in [2.45, 2.75) is 169 Å². The first-order valence-electron chi connectivity index (χ1n) is 21.4. The smallest absolute Gasteiger partial charge is 0.125 e. The summed E-state index contributed by atoms with van der Waals surface area (Å²) in [5.41, 5.74) is 9.23. The normalized spacial score (nSPS) is 14.8. The average Bonchev–Trinajstić information content (AvgIpc) is 3.38. The molecule has 1 aliphatic carbocycles. The summed E-state index contributed by atoms with van der Waals surface area (Å²) in [6.45, 7) is 21.5. The molecular formula is C49H73N2O+. The Labute approximate surface area is 319 Å². The van der Waals surface area contributed by atoms with E-state index in [9.17, 15) is 5.11 Å². The Bertz CT molecular complexity index is 1560. The summed E-state index contributed by atoms with van der Waals surface area (Å²) in [7, 11) is 0. The number of aryl methyl sites for hydroxylation is 3. The third-order valence-electron chi connectivity index (χ3n) is 12.5. The van der Waals surface area contributed by atoms with Crippen molar-refractivity contribution in [1.82, 2.24) is 4.98 Å². The van der Waals surface area contributed by atoms with Gasteiger partial charge < -0.3 is 9.59 Å². The van der Waals surface area contributed by atoms with Gasteiger partial charge in [0.15, 0.2) is 0 Å². The Balaban J connectivity index is 1.49. The highest BCUT2D eigenvalue weighted by molar-refractivity contribution is 5.68.